The molecule has 1 saturated heterocycles. The Hall–Kier alpha value is -0.580. The molecule has 0 aliphatic carbocycles. The molecule has 1 unspecified atom stereocenters. The summed E-state index contributed by atoms with van der Waals surface area (Å²) in [4.78, 5) is 11.2. The first kappa shape index (κ1) is 12.5. The number of alkyl halides is 1. The zero-order chi connectivity index (χ0) is 11.5. The third-order valence-corrected chi connectivity index (χ3v) is 3.11. The van der Waals surface area contributed by atoms with Gasteiger partial charge in [0.2, 0.25) is 0 Å². The number of carboxylic acids is 1. The van der Waals surface area contributed by atoms with E-state index in [0.29, 0.717) is 19.4 Å². The van der Waals surface area contributed by atoms with Gasteiger partial charge in [0.05, 0.1) is 6.10 Å². The molecule has 0 saturated carbocycles. The van der Waals surface area contributed by atoms with Gasteiger partial charge in [-0.25, -0.2) is 0 Å². The summed E-state index contributed by atoms with van der Waals surface area (Å²) >= 11 is 5.62. The van der Waals surface area contributed by atoms with Crippen LogP contribution in [0.5, 0.6) is 0 Å². The van der Waals surface area contributed by atoms with E-state index in [1.165, 1.54) is 0 Å². The van der Waals surface area contributed by atoms with Crippen LogP contribution >= 0.6 is 11.6 Å². The Balaban J connectivity index is 2.73. The zero-order valence-electron chi connectivity index (χ0n) is 8.75. The number of carboxylic acid groups (broad SMARTS) is 1. The van der Waals surface area contributed by atoms with Gasteiger partial charge in [-0.3, -0.25) is 10.1 Å². The highest BCUT2D eigenvalue weighted by Gasteiger charge is 2.45. The molecule has 2 N–H and O–H groups in total. The molecule has 86 valence electrons. The fraction of sp³-hybridized carbons (Fsp3) is 0.700. The molecule has 0 aromatic heterocycles. The van der Waals surface area contributed by atoms with Crippen molar-refractivity contribution in [3.05, 3.63) is 12.2 Å². The van der Waals surface area contributed by atoms with E-state index in [4.69, 9.17) is 16.3 Å². The second-order valence-corrected chi connectivity index (χ2v) is 4.16. The molecule has 2 atom stereocenters. The smallest absolute Gasteiger partial charge is 0.324 e. The molecule has 0 aromatic carbocycles. The second-order valence-electron chi connectivity index (χ2n) is 3.89. The average molecular weight is 234 g/mol. The van der Waals surface area contributed by atoms with Crippen LogP contribution in [0.15, 0.2) is 12.2 Å². The molecule has 5 heteroatoms. The van der Waals surface area contributed by atoms with Crippen LogP contribution in [0.25, 0.3) is 0 Å². The van der Waals surface area contributed by atoms with Gasteiger partial charge in [0.25, 0.3) is 0 Å². The number of hydrogen-bond donors (Lipinski definition) is 2. The Labute approximate surface area is 94.3 Å². The molecule has 1 aliphatic rings. The third kappa shape index (κ3) is 2.71. The van der Waals surface area contributed by atoms with E-state index in [2.05, 4.69) is 11.9 Å². The summed E-state index contributed by atoms with van der Waals surface area (Å²) in [6.07, 6.45) is 0.754. The number of hydrogen-bond acceptors (Lipinski definition) is 3. The topological polar surface area (TPSA) is 58.6 Å². The predicted molar refractivity (Wildman–Crippen MR) is 58.3 cm³/mol. The first-order chi connectivity index (χ1) is 7.04. The normalized spacial score (nSPS) is 30.4. The lowest BCUT2D eigenvalue weighted by atomic mass is 9.89. The molecule has 0 spiro atoms. The van der Waals surface area contributed by atoms with E-state index in [-0.39, 0.29) is 12.0 Å². The van der Waals surface area contributed by atoms with E-state index in [1.54, 1.807) is 7.11 Å². The number of carbonyl (C=O) groups is 1. The molecule has 15 heavy (non-hydrogen) atoms. The van der Waals surface area contributed by atoms with Crippen molar-refractivity contribution in [2.45, 2.75) is 24.5 Å². The lowest BCUT2D eigenvalue weighted by Gasteiger charge is -2.24. The molecule has 0 aromatic rings. The molecule has 1 aliphatic heterocycles. The largest absolute Gasteiger partial charge is 0.480 e. The van der Waals surface area contributed by atoms with Crippen molar-refractivity contribution in [2.75, 3.05) is 19.5 Å². The number of aliphatic carboxylic acids is 1. The van der Waals surface area contributed by atoms with Crippen molar-refractivity contribution in [2.24, 2.45) is 0 Å². The third-order valence-electron chi connectivity index (χ3n) is 2.73. The van der Waals surface area contributed by atoms with E-state index in [0.717, 1.165) is 5.57 Å². The highest BCUT2D eigenvalue weighted by Crippen LogP contribution is 2.28. The Kier molecular flexibility index (Phi) is 4.13. The molecular formula is C10H16ClNO3. The number of nitrogens with one attached hydrogen (secondary N) is 1. The minimum atomic E-state index is -0.952. The SMILES string of the molecule is C=C(CCl)CC1(C(=O)O)C[C@H](OC)CN1. The van der Waals surface area contributed by atoms with Crippen molar-refractivity contribution in [3.63, 3.8) is 0 Å². The number of rotatable bonds is 5. The van der Waals surface area contributed by atoms with Crippen LogP contribution in [0.2, 0.25) is 0 Å². The van der Waals surface area contributed by atoms with Gasteiger partial charge in [-0.05, 0) is 6.42 Å². The van der Waals surface area contributed by atoms with Gasteiger partial charge in [0, 0.05) is 26.0 Å². The first-order valence-electron chi connectivity index (χ1n) is 4.78. The van der Waals surface area contributed by atoms with Gasteiger partial charge < -0.3 is 9.84 Å². The Morgan fingerprint density at radius 2 is 2.47 bits per heavy atom. The molecule has 1 fully saturated rings. The lowest BCUT2D eigenvalue weighted by Crippen LogP contribution is -2.47. The zero-order valence-corrected chi connectivity index (χ0v) is 9.51. The Bertz CT molecular complexity index is 269. The van der Waals surface area contributed by atoms with Crippen molar-refractivity contribution in [3.8, 4) is 0 Å². The molecule has 0 bridgehead atoms. The molecular weight excluding hydrogens is 218 g/mol. The van der Waals surface area contributed by atoms with E-state index in [9.17, 15) is 9.90 Å². The monoisotopic (exact) mass is 233 g/mol. The van der Waals surface area contributed by atoms with Crippen LogP contribution in [0.1, 0.15) is 12.8 Å². The van der Waals surface area contributed by atoms with Gasteiger partial charge >= 0.3 is 5.97 Å². The summed E-state index contributed by atoms with van der Waals surface area (Å²) in [6, 6.07) is 0. The molecule has 0 amide bonds. The van der Waals surface area contributed by atoms with Gasteiger partial charge in [0.15, 0.2) is 0 Å². The molecule has 1 rings (SSSR count). The summed E-state index contributed by atoms with van der Waals surface area (Å²) in [5, 5.41) is 12.2. The van der Waals surface area contributed by atoms with Crippen molar-refractivity contribution < 1.29 is 14.6 Å². The van der Waals surface area contributed by atoms with E-state index >= 15 is 0 Å². The minimum Gasteiger partial charge on any atom is -0.480 e. The van der Waals surface area contributed by atoms with Crippen molar-refractivity contribution in [1.82, 2.24) is 5.32 Å². The highest BCUT2D eigenvalue weighted by molar-refractivity contribution is 6.19. The van der Waals surface area contributed by atoms with Crippen molar-refractivity contribution in [1.29, 1.82) is 0 Å². The molecule has 1 heterocycles. The van der Waals surface area contributed by atoms with Crippen LogP contribution in [-0.4, -0.2) is 42.3 Å². The van der Waals surface area contributed by atoms with Crippen molar-refractivity contribution >= 4 is 17.6 Å². The summed E-state index contributed by atoms with van der Waals surface area (Å²) in [5.74, 6) is -0.581. The van der Waals surface area contributed by atoms with Crippen LogP contribution in [0.4, 0.5) is 0 Å². The second kappa shape index (κ2) is 4.96. The predicted octanol–water partition coefficient (Wildman–Crippen LogP) is 1.00. The van der Waals surface area contributed by atoms with Gasteiger partial charge in [-0.2, -0.15) is 0 Å². The Morgan fingerprint density at radius 1 is 1.80 bits per heavy atom. The van der Waals surface area contributed by atoms with Crippen LogP contribution in [0, 0.1) is 0 Å². The van der Waals surface area contributed by atoms with E-state index < -0.39 is 11.5 Å². The summed E-state index contributed by atoms with van der Waals surface area (Å²) in [7, 11) is 1.58. The fourth-order valence-electron chi connectivity index (χ4n) is 1.86. The minimum absolute atomic E-state index is 0.0516. The number of ether oxygens (including phenoxy) is 1. The quantitative estimate of drug-likeness (QED) is 0.550. The average Bonchev–Trinajstić information content (AvgIpc) is 2.62. The van der Waals surface area contributed by atoms with Gasteiger partial charge in [0.1, 0.15) is 5.54 Å². The fourth-order valence-corrected chi connectivity index (χ4v) is 1.95. The first-order valence-corrected chi connectivity index (χ1v) is 5.31. The van der Waals surface area contributed by atoms with E-state index in [1.807, 2.05) is 0 Å². The molecule has 0 radical (unpaired) electrons. The molecule has 4 nitrogen and oxygen atoms in total. The van der Waals surface area contributed by atoms with Gasteiger partial charge in [-0.15, -0.1) is 11.6 Å². The van der Waals surface area contributed by atoms with Crippen LogP contribution < -0.4 is 5.32 Å². The highest BCUT2D eigenvalue weighted by atomic mass is 35.5. The number of methoxy groups -OCH3 is 1. The van der Waals surface area contributed by atoms with Crippen LogP contribution in [-0.2, 0) is 9.53 Å². The summed E-state index contributed by atoms with van der Waals surface area (Å²) in [5.41, 5.74) is -0.226. The summed E-state index contributed by atoms with van der Waals surface area (Å²) < 4.78 is 5.14. The standard InChI is InChI=1S/C10H16ClNO3/c1-7(5-11)3-10(9(13)14)4-8(15-2)6-12-10/h8,12H,1,3-6H2,2H3,(H,13,14)/t8-,10?/m0/s1. The summed E-state index contributed by atoms with van der Waals surface area (Å²) in [6.45, 7) is 4.29. The maximum absolute atomic E-state index is 11.2. The maximum atomic E-state index is 11.2. The Morgan fingerprint density at radius 3 is 2.87 bits per heavy atom. The van der Waals surface area contributed by atoms with Gasteiger partial charge in [-0.1, -0.05) is 12.2 Å². The number of halogens is 1. The maximum Gasteiger partial charge on any atom is 0.324 e. The van der Waals surface area contributed by atoms with Crippen LogP contribution in [0.3, 0.4) is 0 Å². The lowest BCUT2D eigenvalue weighted by molar-refractivity contribution is -0.144.